The average Bonchev–Trinajstić information content (AvgIpc) is 1.02. The number of aliphatic hydroxyl groups is 1. The van der Waals surface area contributed by atoms with E-state index >= 15 is 0 Å². The number of carboxylic acid groups (broad SMARTS) is 11. The second kappa shape index (κ2) is 71.4. The highest BCUT2D eigenvalue weighted by Gasteiger charge is 2.20. The lowest BCUT2D eigenvalue weighted by Crippen LogP contribution is -2.36. The fraction of sp³-hybridized carbons (Fsp3) is 0.621. The lowest BCUT2D eigenvalue weighted by atomic mass is 10.0. The fourth-order valence-electron chi connectivity index (χ4n) is 5.03. The van der Waals surface area contributed by atoms with Crippen LogP contribution in [0.3, 0.4) is 0 Å². The van der Waals surface area contributed by atoms with Crippen molar-refractivity contribution in [2.24, 2.45) is 126 Å². The highest BCUT2D eigenvalue weighted by molar-refractivity contribution is 5.84. The Morgan fingerprint density at radius 2 is 0.702 bits per heavy atom. The molecule has 46 heteroatoms. The number of aliphatic carboxylic acids is 11. The van der Waals surface area contributed by atoms with Crippen LogP contribution in [0.25, 0.3) is 0 Å². The van der Waals surface area contributed by atoms with Crippen molar-refractivity contribution in [3.63, 3.8) is 0 Å². The van der Waals surface area contributed by atoms with Crippen LogP contribution < -0.4 is 103 Å². The molecule has 0 unspecified atom stereocenters. The van der Waals surface area contributed by atoms with Crippen molar-refractivity contribution in [2.45, 2.75) is 191 Å². The van der Waals surface area contributed by atoms with Crippen LogP contribution in [0.4, 0.5) is 0 Å². The predicted molar refractivity (Wildman–Crippen MR) is 375 cm³/mol. The molecule has 104 heavy (non-hydrogen) atoms. The summed E-state index contributed by atoms with van der Waals surface area (Å²) in [5, 5.41) is 98.5. The van der Waals surface area contributed by atoms with Gasteiger partial charge in [0.05, 0.1) is 25.9 Å². The number of hydrogen-bond donors (Lipinski definition) is 30. The van der Waals surface area contributed by atoms with Gasteiger partial charge in [0, 0.05) is 13.0 Å². The third-order valence-electron chi connectivity index (χ3n) is 11.5. The van der Waals surface area contributed by atoms with Gasteiger partial charge in [0.2, 0.25) is 23.6 Å². The predicted octanol–water partition coefficient (Wildman–Crippen LogP) is -8.56. The lowest BCUT2D eigenvalue weighted by Gasteiger charge is -2.11. The van der Waals surface area contributed by atoms with Gasteiger partial charge in [-0.25, -0.2) is 0 Å². The summed E-state index contributed by atoms with van der Waals surface area (Å²) in [5.74, 6) is -13.8. The van der Waals surface area contributed by atoms with E-state index in [0.717, 1.165) is 24.8 Å². The maximum atomic E-state index is 10.4. The molecule has 606 valence electrons. The molecule has 0 spiro atoms. The number of aliphatic hydroxyl groups excluding tert-OH is 1. The Hall–Kier alpha value is -9.98. The molecule has 0 aliphatic rings. The third kappa shape index (κ3) is 92.0. The molecule has 48 N–H and O–H groups in total. The minimum Gasteiger partial charge on any atom is -0.480 e. The van der Waals surface area contributed by atoms with Crippen molar-refractivity contribution < 1.29 is 133 Å². The van der Waals surface area contributed by atoms with E-state index < -0.39 is 162 Å². The van der Waals surface area contributed by atoms with Crippen molar-refractivity contribution in [3.05, 3.63) is 35.9 Å². The summed E-state index contributed by atoms with van der Waals surface area (Å²) in [5.41, 5.74) is 91.0. The van der Waals surface area contributed by atoms with Crippen molar-refractivity contribution in [1.29, 1.82) is 0 Å². The van der Waals surface area contributed by atoms with Gasteiger partial charge in [0.15, 0.2) is 5.96 Å². The number of carbonyl (C=O) groups is 15. The van der Waals surface area contributed by atoms with Gasteiger partial charge in [-0.05, 0) is 74.8 Å². The standard InChI is InChI=1S/C9H11NO2.C6H14N4O2.C6H14N2O2.2C6H13NO2.C5H10N2O3.C5H11NO2.3C4H8N2O3.C3H7NO3/c10-8(9(11)12)6-7-4-2-1-3-5-7;7-4(5(11)12)2-1-3-10-6(8)9;7-4-2-1-3-5(8)6(9)10;1-4(2)3-5(7)6(8)9;1-3-4(2)5(7)6(8)9;6-3(5(9)10)1-2-4(7)8;1-3(2)4(6)5(7)8;3*5-2(4(8)9)1-3(6)7;4-2(1-5)3(6)7/h1-5,8H,6,10H2,(H,11,12);4H,1-3,7H2,(H,11,12)(H4,8,9,10);5H,1-4,7-8H2,(H,9,10);2*4-5H,3,7H2,1-2H3,(H,8,9);3H,1-2,6H2,(H2,7,8)(H,9,10);3-4H,6H2,1-2H3,(H,7,8);3*2H,1,5H2,(H2,6,7)(H,8,9);2,5H,1,4H2,(H,6,7)/t8-;4-;2*5-;4-,5-;3-;4-;4*2-/m00000000000/s1. The Kier molecular flexibility index (Phi) is 79.1. The number of aliphatic imine (C=N–C) groups is 1. The minimum absolute atomic E-state index is 0.0129. The Balaban J connectivity index is -0.000000117. The summed E-state index contributed by atoms with van der Waals surface area (Å²) in [6.45, 7) is 11.7. The maximum absolute atomic E-state index is 10.4. The quantitative estimate of drug-likeness (QED) is 0.0169. The van der Waals surface area contributed by atoms with Gasteiger partial charge in [-0.3, -0.25) is 76.9 Å². The number of unbranched alkanes of at least 4 members (excludes halogenated alkanes) is 1. The summed E-state index contributed by atoms with van der Waals surface area (Å²) in [7, 11) is 0. The summed E-state index contributed by atoms with van der Waals surface area (Å²) < 4.78 is 0. The highest BCUT2D eigenvalue weighted by Crippen LogP contribution is 2.05. The average molecular weight is 1510 g/mol. The van der Waals surface area contributed by atoms with Gasteiger partial charge in [-0.2, -0.15) is 0 Å². The Morgan fingerprint density at radius 1 is 0.385 bits per heavy atom. The Labute approximate surface area is 599 Å². The SMILES string of the molecule is CC(C)C[C@H](N)C(=O)O.CC(C)[C@H](N)C(=O)O.CC[C@H](C)[C@H](N)C(=O)O.NC(=O)CC[C@H](N)C(=O)O.NC(=O)C[C@H](N)C(=O)O.NC(=O)C[C@H](N)C(=O)O.NC(=O)C[C@H](N)C(=O)O.NC(N)=NCCC[C@H](N)C(=O)O.NCCCC[C@H](N)C(=O)O.N[C@@H](CO)C(=O)O.N[C@@H](Cc1ccccc1)C(=O)O. The minimum atomic E-state index is -1.21. The molecule has 0 saturated heterocycles. The largest absolute Gasteiger partial charge is 0.480 e. The summed E-state index contributed by atoms with van der Waals surface area (Å²) in [6.07, 6.45) is 4.06. The third-order valence-corrected chi connectivity index (χ3v) is 11.5. The number of guanidine groups is 1. The first-order chi connectivity index (χ1) is 47.4. The van der Waals surface area contributed by atoms with Crippen molar-refractivity contribution >= 4 is 95.3 Å². The maximum Gasteiger partial charge on any atom is 0.322 e. The van der Waals surface area contributed by atoms with Gasteiger partial charge in [0.25, 0.3) is 0 Å². The zero-order valence-electron chi connectivity index (χ0n) is 59.1. The molecule has 12 atom stereocenters. The van der Waals surface area contributed by atoms with Crippen molar-refractivity contribution in [1.82, 2.24) is 0 Å². The summed E-state index contributed by atoms with van der Waals surface area (Å²) in [6, 6.07) is -0.692. The molecule has 1 rings (SSSR count). The second-order valence-electron chi connectivity index (χ2n) is 22.1. The fourth-order valence-corrected chi connectivity index (χ4v) is 5.03. The normalized spacial score (nSPS) is 13.2. The van der Waals surface area contributed by atoms with Crippen molar-refractivity contribution in [3.8, 4) is 0 Å². The van der Waals surface area contributed by atoms with Gasteiger partial charge in [0.1, 0.15) is 66.5 Å². The first-order valence-corrected chi connectivity index (χ1v) is 30.8. The van der Waals surface area contributed by atoms with Crippen LogP contribution >= 0.6 is 0 Å². The molecule has 0 heterocycles. The topological polar surface area (TPSA) is 980 Å². The van der Waals surface area contributed by atoms with Crippen LogP contribution in [0.5, 0.6) is 0 Å². The molecule has 0 bridgehead atoms. The molecule has 0 saturated carbocycles. The van der Waals surface area contributed by atoms with Gasteiger partial charge >= 0.3 is 65.7 Å². The molecule has 0 radical (unpaired) electrons. The van der Waals surface area contributed by atoms with E-state index in [9.17, 15) is 71.9 Å². The number of carboxylic acids is 11. The number of rotatable bonds is 36. The Morgan fingerprint density at radius 3 is 0.894 bits per heavy atom. The van der Waals surface area contributed by atoms with Crippen LogP contribution in [0.1, 0.15) is 124 Å². The number of nitrogens with zero attached hydrogens (tertiary/aromatic N) is 1. The van der Waals surface area contributed by atoms with Crippen LogP contribution in [0.15, 0.2) is 35.3 Å². The first-order valence-electron chi connectivity index (χ1n) is 30.8. The van der Waals surface area contributed by atoms with E-state index in [1.807, 2.05) is 58.0 Å². The highest BCUT2D eigenvalue weighted by atomic mass is 16.4. The number of amides is 4. The summed E-state index contributed by atoms with van der Waals surface area (Å²) in [4.78, 5) is 154. The van der Waals surface area contributed by atoms with E-state index in [2.05, 4.69) is 22.2 Å². The zero-order chi connectivity index (χ0) is 84.5. The smallest absolute Gasteiger partial charge is 0.322 e. The van der Waals surface area contributed by atoms with Crippen LogP contribution in [0.2, 0.25) is 0 Å². The number of hydrogen-bond acceptors (Lipinski definition) is 29. The second-order valence-corrected chi connectivity index (χ2v) is 22.1. The van der Waals surface area contributed by atoms with Crippen LogP contribution in [-0.2, 0) is 78.3 Å². The molecule has 1 aromatic rings. The first kappa shape index (κ1) is 115. The monoisotopic (exact) mass is 1510 g/mol. The number of nitrogens with two attached hydrogens (primary N) is 18. The van der Waals surface area contributed by atoms with Crippen LogP contribution in [-0.4, -0.2) is 243 Å². The van der Waals surface area contributed by atoms with Gasteiger partial charge < -0.3 is 164 Å². The molecule has 4 amide bonds. The van der Waals surface area contributed by atoms with Crippen LogP contribution in [0, 0.1) is 17.8 Å². The molecular weight excluding hydrogens is 1390 g/mol. The van der Waals surface area contributed by atoms with E-state index in [0.29, 0.717) is 51.1 Å². The van der Waals surface area contributed by atoms with E-state index in [1.165, 1.54) is 0 Å². The number of benzene rings is 1. The summed E-state index contributed by atoms with van der Waals surface area (Å²) >= 11 is 0. The van der Waals surface area contributed by atoms with Gasteiger partial charge in [-0.15, -0.1) is 0 Å². The molecular formula is C58H117N19O27. The van der Waals surface area contributed by atoms with E-state index in [-0.39, 0.29) is 49.9 Å². The molecule has 0 fully saturated rings. The molecule has 0 aliphatic heterocycles. The van der Waals surface area contributed by atoms with Gasteiger partial charge in [-0.1, -0.05) is 84.7 Å². The number of carbonyl (C=O) groups excluding carboxylic acids is 4. The van der Waals surface area contributed by atoms with E-state index in [4.69, 9.17) is 147 Å². The zero-order valence-corrected chi connectivity index (χ0v) is 59.1. The Bertz CT molecular complexity index is 2570. The van der Waals surface area contributed by atoms with Crippen molar-refractivity contribution in [2.75, 3.05) is 19.7 Å². The number of primary amides is 4. The molecule has 0 aromatic heterocycles. The lowest BCUT2D eigenvalue weighted by molar-refractivity contribution is -0.140. The molecule has 1 aromatic carbocycles. The van der Waals surface area contributed by atoms with E-state index in [1.54, 1.807) is 13.8 Å². The molecule has 0 aliphatic carbocycles. The molecule has 46 nitrogen and oxygen atoms in total.